The lowest BCUT2D eigenvalue weighted by Crippen LogP contribution is -2.35. The van der Waals surface area contributed by atoms with Gasteiger partial charge >= 0.3 is 5.97 Å². The van der Waals surface area contributed by atoms with Crippen LogP contribution >= 0.6 is 0 Å². The molecular weight excluding hydrogens is 514 g/mol. The Bertz CT molecular complexity index is 1840. The third kappa shape index (κ3) is 4.25. The van der Waals surface area contributed by atoms with Crippen LogP contribution in [0.15, 0.2) is 97.1 Å². The predicted molar refractivity (Wildman–Crippen MR) is 159 cm³/mol. The molecule has 1 aliphatic heterocycles. The first-order chi connectivity index (χ1) is 20.1. The lowest BCUT2D eigenvalue weighted by atomic mass is 10.1. The molecule has 0 unspecified atom stereocenters. The number of unbranched alkanes of at least 4 members (excludes halogenated alkanes) is 1. The van der Waals surface area contributed by atoms with E-state index in [-0.39, 0.29) is 12.8 Å². The van der Waals surface area contributed by atoms with Crippen molar-refractivity contribution < 1.29 is 19.2 Å². The minimum absolute atomic E-state index is 0.0605. The maximum atomic E-state index is 13.8. The van der Waals surface area contributed by atoms with E-state index in [4.69, 9.17) is 4.84 Å². The number of carbonyl (C=O) groups excluding carboxylic acids is 3. The Hall–Kier alpha value is -4.91. The Labute approximate surface area is 236 Å². The summed E-state index contributed by atoms with van der Waals surface area (Å²) in [6.07, 6.45) is 2.19. The van der Waals surface area contributed by atoms with Crippen LogP contribution in [0.25, 0.3) is 43.6 Å². The average molecular weight is 544 g/mol. The fourth-order valence-electron chi connectivity index (χ4n) is 6.30. The van der Waals surface area contributed by atoms with Gasteiger partial charge in [-0.2, -0.15) is 0 Å². The number of amides is 2. The highest BCUT2D eigenvalue weighted by molar-refractivity contribution is 6.09. The lowest BCUT2D eigenvalue weighted by Gasteiger charge is -2.22. The second kappa shape index (κ2) is 10.2. The zero-order valence-electron chi connectivity index (χ0n) is 22.5. The molecule has 0 saturated carbocycles. The number of aryl methyl sites for hydroxylation is 1. The van der Waals surface area contributed by atoms with Crippen LogP contribution in [0.3, 0.4) is 0 Å². The van der Waals surface area contributed by atoms with E-state index in [1.165, 1.54) is 21.8 Å². The zero-order valence-corrected chi connectivity index (χ0v) is 22.5. The molecule has 204 valence electrons. The van der Waals surface area contributed by atoms with E-state index < -0.39 is 23.8 Å². The largest absolute Gasteiger partial charge is 0.355 e. The molecule has 7 nitrogen and oxygen atoms in total. The number of nitrogens with zero attached hydrogens (tertiary/aromatic N) is 3. The summed E-state index contributed by atoms with van der Waals surface area (Å²) in [6, 6.07) is 32.1. The first kappa shape index (κ1) is 25.1. The molecule has 3 heterocycles. The van der Waals surface area contributed by atoms with Gasteiger partial charge in [-0.1, -0.05) is 72.8 Å². The summed E-state index contributed by atoms with van der Waals surface area (Å²) in [7, 11) is 0. The van der Waals surface area contributed by atoms with Gasteiger partial charge in [0.2, 0.25) is 0 Å². The standard InChI is InChI=1S/C34H29N3O4/c38-32-20-21-33(39)37(32)41-34(40)31(36-29-17-7-3-13-25(29)26-14-4-8-18-30(26)36)19-9-10-22-35-27-15-5-1-11-23(27)24-12-2-6-16-28(24)35/h1-8,11-18,31H,9-10,19-22H2/t31-/m0/s1. The molecular formula is C34H29N3O4. The van der Waals surface area contributed by atoms with Crippen molar-refractivity contribution in [1.82, 2.24) is 14.2 Å². The van der Waals surface area contributed by atoms with E-state index >= 15 is 0 Å². The summed E-state index contributed by atoms with van der Waals surface area (Å²) < 4.78 is 4.36. The van der Waals surface area contributed by atoms with Crippen LogP contribution in [-0.2, 0) is 25.8 Å². The highest BCUT2D eigenvalue weighted by Crippen LogP contribution is 2.35. The molecule has 4 aromatic carbocycles. The van der Waals surface area contributed by atoms with Gasteiger partial charge in [-0.25, -0.2) is 4.79 Å². The Morgan fingerprint density at radius 2 is 1.07 bits per heavy atom. The van der Waals surface area contributed by atoms with Crippen LogP contribution < -0.4 is 0 Å². The van der Waals surface area contributed by atoms with Crippen LogP contribution in [0.5, 0.6) is 0 Å². The minimum atomic E-state index is -0.709. The van der Waals surface area contributed by atoms with E-state index in [1.54, 1.807) is 0 Å². The van der Waals surface area contributed by atoms with Gasteiger partial charge in [0.05, 0.1) is 0 Å². The Balaban J connectivity index is 1.21. The molecule has 41 heavy (non-hydrogen) atoms. The second-order valence-electron chi connectivity index (χ2n) is 10.6. The monoisotopic (exact) mass is 543 g/mol. The topological polar surface area (TPSA) is 73.5 Å². The SMILES string of the molecule is O=C(ON1C(=O)CCC1=O)[C@H](CCCCn1c2ccccc2c2ccccc21)n1c2ccccc2c2ccccc21. The molecule has 2 amide bonds. The van der Waals surface area contributed by atoms with Gasteiger partial charge in [-0.15, -0.1) is 5.06 Å². The van der Waals surface area contributed by atoms with Crippen molar-refractivity contribution in [3.63, 3.8) is 0 Å². The van der Waals surface area contributed by atoms with Gasteiger partial charge in [-0.05, 0) is 43.5 Å². The Kier molecular flexibility index (Phi) is 6.27. The molecule has 6 aromatic rings. The molecule has 0 bridgehead atoms. The summed E-state index contributed by atoms with van der Waals surface area (Å²) in [6.45, 7) is 0.798. The van der Waals surface area contributed by atoms with Crippen molar-refractivity contribution in [1.29, 1.82) is 0 Å². The van der Waals surface area contributed by atoms with Crippen LogP contribution in [0, 0.1) is 0 Å². The quantitative estimate of drug-likeness (QED) is 0.154. The highest BCUT2D eigenvalue weighted by Gasteiger charge is 2.36. The minimum Gasteiger partial charge on any atom is -0.340 e. The molecule has 1 atom stereocenters. The number of fused-ring (bicyclic) bond motifs is 6. The summed E-state index contributed by atoms with van der Waals surface area (Å²) in [4.78, 5) is 43.8. The van der Waals surface area contributed by atoms with Gasteiger partial charge in [0.15, 0.2) is 0 Å². The average Bonchev–Trinajstić information content (AvgIpc) is 3.63. The third-order valence-electron chi connectivity index (χ3n) is 8.18. The van der Waals surface area contributed by atoms with Crippen molar-refractivity contribution in [3.8, 4) is 0 Å². The summed E-state index contributed by atoms with van der Waals surface area (Å²) in [5.74, 6) is -1.55. The molecule has 0 radical (unpaired) electrons. The van der Waals surface area contributed by atoms with E-state index in [0.717, 1.165) is 41.2 Å². The number of hydroxylamine groups is 2. The molecule has 1 aliphatic rings. The van der Waals surface area contributed by atoms with Crippen molar-refractivity contribution in [2.75, 3.05) is 0 Å². The summed E-state index contributed by atoms with van der Waals surface area (Å²) in [5.41, 5.74) is 4.21. The van der Waals surface area contributed by atoms with Crippen LogP contribution in [0.2, 0.25) is 0 Å². The Morgan fingerprint density at radius 3 is 1.59 bits per heavy atom. The van der Waals surface area contributed by atoms with Crippen LogP contribution in [0.1, 0.15) is 38.1 Å². The van der Waals surface area contributed by atoms with Crippen LogP contribution in [0.4, 0.5) is 0 Å². The number of carbonyl (C=O) groups is 3. The van der Waals surface area contributed by atoms with Gasteiger partial charge < -0.3 is 14.0 Å². The van der Waals surface area contributed by atoms with Gasteiger partial charge in [0.1, 0.15) is 6.04 Å². The number of rotatable bonds is 8. The lowest BCUT2D eigenvalue weighted by molar-refractivity contribution is -0.200. The van der Waals surface area contributed by atoms with Gasteiger partial charge in [-0.3, -0.25) is 9.59 Å². The molecule has 7 heteroatoms. The van der Waals surface area contributed by atoms with Crippen molar-refractivity contribution in [2.45, 2.75) is 44.7 Å². The van der Waals surface area contributed by atoms with Gasteiger partial charge in [0, 0.05) is 63.0 Å². The maximum absolute atomic E-state index is 13.8. The zero-order chi connectivity index (χ0) is 27.9. The Morgan fingerprint density at radius 1 is 0.634 bits per heavy atom. The first-order valence-electron chi connectivity index (χ1n) is 14.1. The number of hydrogen-bond donors (Lipinski definition) is 0. The van der Waals surface area contributed by atoms with E-state index in [1.807, 2.05) is 53.1 Å². The molecule has 2 aromatic heterocycles. The normalized spacial score (nSPS) is 14.6. The van der Waals surface area contributed by atoms with E-state index in [2.05, 4.69) is 53.1 Å². The van der Waals surface area contributed by atoms with Crippen molar-refractivity contribution in [3.05, 3.63) is 97.1 Å². The van der Waals surface area contributed by atoms with Crippen molar-refractivity contribution in [2.24, 2.45) is 0 Å². The summed E-state index contributed by atoms with van der Waals surface area (Å²) in [5, 5.41) is 5.20. The number of aromatic nitrogens is 2. The number of benzene rings is 4. The number of hydrogen-bond acceptors (Lipinski definition) is 4. The number of para-hydroxylation sites is 4. The van der Waals surface area contributed by atoms with Crippen molar-refractivity contribution >= 4 is 61.4 Å². The summed E-state index contributed by atoms with van der Waals surface area (Å²) >= 11 is 0. The second-order valence-corrected chi connectivity index (χ2v) is 10.6. The molecule has 1 fully saturated rings. The molecule has 1 saturated heterocycles. The van der Waals surface area contributed by atoms with E-state index in [0.29, 0.717) is 11.5 Å². The smallest absolute Gasteiger partial charge is 0.340 e. The molecule has 0 N–H and O–H groups in total. The first-order valence-corrected chi connectivity index (χ1v) is 14.1. The molecule has 0 aliphatic carbocycles. The highest BCUT2D eigenvalue weighted by atomic mass is 16.7. The third-order valence-corrected chi connectivity index (χ3v) is 8.18. The van der Waals surface area contributed by atoms with E-state index in [9.17, 15) is 14.4 Å². The maximum Gasteiger partial charge on any atom is 0.355 e. The van der Waals surface area contributed by atoms with Gasteiger partial charge in [0.25, 0.3) is 11.8 Å². The molecule has 0 spiro atoms. The predicted octanol–water partition coefficient (Wildman–Crippen LogP) is 6.92. The molecule has 7 rings (SSSR count). The van der Waals surface area contributed by atoms with Crippen LogP contribution in [-0.4, -0.2) is 32.0 Å². The number of imide groups is 1. The fraction of sp³-hybridized carbons (Fsp3) is 0.206. The fourth-order valence-corrected chi connectivity index (χ4v) is 6.30.